The Bertz CT molecular complexity index is 514. The fourth-order valence-electron chi connectivity index (χ4n) is 1.23. The van der Waals surface area contributed by atoms with E-state index in [1.54, 1.807) is 12.1 Å². The quantitative estimate of drug-likeness (QED) is 0.821. The molecular formula is C12H10F2N2O. The van der Waals surface area contributed by atoms with Gasteiger partial charge in [0.15, 0.2) is 5.82 Å². The van der Waals surface area contributed by atoms with Gasteiger partial charge in [-0.3, -0.25) is 0 Å². The number of nitrogens with zero attached hydrogens (tertiary/aromatic N) is 2. The smallest absolute Gasteiger partial charge is 0.317 e. The molecule has 3 nitrogen and oxygen atoms in total. The van der Waals surface area contributed by atoms with Crippen LogP contribution in [0, 0.1) is 18.6 Å². The lowest BCUT2D eigenvalue weighted by atomic mass is 10.2. The molecule has 0 bridgehead atoms. The van der Waals surface area contributed by atoms with Crippen LogP contribution in [0.2, 0.25) is 0 Å². The molecule has 0 aliphatic heterocycles. The van der Waals surface area contributed by atoms with E-state index < -0.39 is 5.82 Å². The number of aromatic nitrogens is 2. The van der Waals surface area contributed by atoms with Crippen molar-refractivity contribution in [2.45, 2.75) is 13.5 Å². The van der Waals surface area contributed by atoms with E-state index in [0.29, 0.717) is 0 Å². The van der Waals surface area contributed by atoms with Crippen LogP contribution in [-0.2, 0) is 6.61 Å². The number of ether oxygens (including phenoxy) is 1. The molecule has 88 valence electrons. The predicted octanol–water partition coefficient (Wildman–Crippen LogP) is 2.64. The SMILES string of the molecule is Cc1nc(OCc2ccc(F)cc2)ncc1F. The highest BCUT2D eigenvalue weighted by molar-refractivity contribution is 5.16. The average Bonchev–Trinajstić information content (AvgIpc) is 2.33. The van der Waals surface area contributed by atoms with Crippen LogP contribution in [0.15, 0.2) is 30.5 Å². The Morgan fingerprint density at radius 2 is 1.88 bits per heavy atom. The molecule has 0 saturated heterocycles. The van der Waals surface area contributed by atoms with E-state index in [2.05, 4.69) is 9.97 Å². The topological polar surface area (TPSA) is 35.0 Å². The van der Waals surface area contributed by atoms with E-state index in [4.69, 9.17) is 4.74 Å². The summed E-state index contributed by atoms with van der Waals surface area (Å²) in [5.41, 5.74) is 1.02. The van der Waals surface area contributed by atoms with Crippen LogP contribution in [0.3, 0.4) is 0 Å². The lowest BCUT2D eigenvalue weighted by Crippen LogP contribution is -2.01. The maximum absolute atomic E-state index is 12.9. The highest BCUT2D eigenvalue weighted by Crippen LogP contribution is 2.09. The average molecular weight is 236 g/mol. The first-order valence-corrected chi connectivity index (χ1v) is 5.01. The highest BCUT2D eigenvalue weighted by Gasteiger charge is 2.03. The van der Waals surface area contributed by atoms with E-state index in [-0.39, 0.29) is 24.1 Å². The standard InChI is InChI=1S/C12H10F2N2O/c1-8-11(14)6-15-12(16-8)17-7-9-2-4-10(13)5-3-9/h2-6H,7H2,1H3. The van der Waals surface area contributed by atoms with Gasteiger partial charge in [-0.15, -0.1) is 0 Å². The molecule has 0 radical (unpaired) electrons. The van der Waals surface area contributed by atoms with Gasteiger partial charge < -0.3 is 4.74 Å². The minimum absolute atomic E-state index is 0.105. The zero-order valence-electron chi connectivity index (χ0n) is 9.15. The minimum Gasteiger partial charge on any atom is -0.459 e. The first kappa shape index (κ1) is 11.4. The van der Waals surface area contributed by atoms with Crippen molar-refractivity contribution in [2.24, 2.45) is 0 Å². The molecule has 0 amide bonds. The molecule has 0 spiro atoms. The number of aryl methyl sites for hydroxylation is 1. The highest BCUT2D eigenvalue weighted by atomic mass is 19.1. The van der Waals surface area contributed by atoms with Crippen LogP contribution in [0.1, 0.15) is 11.3 Å². The van der Waals surface area contributed by atoms with E-state index in [0.717, 1.165) is 11.8 Å². The number of hydrogen-bond donors (Lipinski definition) is 0. The molecule has 0 N–H and O–H groups in total. The summed E-state index contributed by atoms with van der Waals surface area (Å²) in [4.78, 5) is 7.51. The summed E-state index contributed by atoms with van der Waals surface area (Å²) in [7, 11) is 0. The first-order valence-electron chi connectivity index (χ1n) is 5.01. The summed E-state index contributed by atoms with van der Waals surface area (Å²) in [5.74, 6) is -0.776. The number of rotatable bonds is 3. The molecule has 0 aliphatic rings. The predicted molar refractivity (Wildman–Crippen MR) is 57.5 cm³/mol. The molecule has 0 saturated carbocycles. The Labute approximate surface area is 97.1 Å². The van der Waals surface area contributed by atoms with Gasteiger partial charge in [0.1, 0.15) is 12.4 Å². The number of halogens is 2. The molecule has 5 heteroatoms. The maximum atomic E-state index is 12.9. The Morgan fingerprint density at radius 3 is 2.53 bits per heavy atom. The van der Waals surface area contributed by atoms with Crippen molar-refractivity contribution >= 4 is 0 Å². The van der Waals surface area contributed by atoms with Crippen molar-refractivity contribution < 1.29 is 13.5 Å². The van der Waals surface area contributed by atoms with Crippen molar-refractivity contribution in [3.05, 3.63) is 53.4 Å². The summed E-state index contributed by atoms with van der Waals surface area (Å²) in [5, 5.41) is 0. The lowest BCUT2D eigenvalue weighted by Gasteiger charge is -2.05. The Morgan fingerprint density at radius 1 is 1.18 bits per heavy atom. The lowest BCUT2D eigenvalue weighted by molar-refractivity contribution is 0.278. The molecule has 2 aromatic rings. The fraction of sp³-hybridized carbons (Fsp3) is 0.167. The molecule has 1 aromatic heterocycles. The van der Waals surface area contributed by atoms with Gasteiger partial charge in [0.2, 0.25) is 0 Å². The molecule has 17 heavy (non-hydrogen) atoms. The van der Waals surface area contributed by atoms with Crippen molar-refractivity contribution in [1.82, 2.24) is 9.97 Å². The molecule has 0 atom stereocenters. The van der Waals surface area contributed by atoms with E-state index >= 15 is 0 Å². The van der Waals surface area contributed by atoms with Gasteiger partial charge in [-0.05, 0) is 24.6 Å². The third-order valence-corrected chi connectivity index (χ3v) is 2.18. The fourth-order valence-corrected chi connectivity index (χ4v) is 1.23. The van der Waals surface area contributed by atoms with Gasteiger partial charge >= 0.3 is 6.01 Å². The monoisotopic (exact) mass is 236 g/mol. The van der Waals surface area contributed by atoms with Gasteiger partial charge in [0.05, 0.1) is 11.9 Å². The van der Waals surface area contributed by atoms with Crippen LogP contribution < -0.4 is 4.74 Å². The van der Waals surface area contributed by atoms with Gasteiger partial charge in [-0.2, -0.15) is 4.98 Å². The van der Waals surface area contributed by atoms with Crippen LogP contribution in [0.4, 0.5) is 8.78 Å². The van der Waals surface area contributed by atoms with Crippen molar-refractivity contribution in [2.75, 3.05) is 0 Å². The van der Waals surface area contributed by atoms with Crippen molar-refractivity contribution in [3.8, 4) is 6.01 Å². The van der Waals surface area contributed by atoms with Gasteiger partial charge in [-0.1, -0.05) is 12.1 Å². The summed E-state index contributed by atoms with van der Waals surface area (Å²) >= 11 is 0. The van der Waals surface area contributed by atoms with Gasteiger partial charge in [0, 0.05) is 0 Å². The zero-order chi connectivity index (χ0) is 12.3. The second kappa shape index (κ2) is 4.86. The van der Waals surface area contributed by atoms with E-state index in [1.165, 1.54) is 19.1 Å². The van der Waals surface area contributed by atoms with E-state index in [9.17, 15) is 8.78 Å². The summed E-state index contributed by atoms with van der Waals surface area (Å²) in [6.45, 7) is 1.74. The molecular weight excluding hydrogens is 226 g/mol. The summed E-state index contributed by atoms with van der Waals surface area (Å²) < 4.78 is 30.8. The Hall–Kier alpha value is -2.04. The van der Waals surface area contributed by atoms with Gasteiger partial charge in [-0.25, -0.2) is 13.8 Å². The number of benzene rings is 1. The molecule has 0 unspecified atom stereocenters. The largest absolute Gasteiger partial charge is 0.459 e. The third-order valence-electron chi connectivity index (χ3n) is 2.18. The zero-order valence-corrected chi connectivity index (χ0v) is 9.15. The van der Waals surface area contributed by atoms with Crippen LogP contribution in [-0.4, -0.2) is 9.97 Å². The molecule has 1 aromatic carbocycles. The summed E-state index contributed by atoms with van der Waals surface area (Å²) in [6, 6.07) is 6.00. The Balaban J connectivity index is 2.02. The normalized spacial score (nSPS) is 10.3. The van der Waals surface area contributed by atoms with E-state index in [1.807, 2.05) is 0 Å². The van der Waals surface area contributed by atoms with Crippen LogP contribution in [0.25, 0.3) is 0 Å². The van der Waals surface area contributed by atoms with Gasteiger partial charge in [0.25, 0.3) is 0 Å². The van der Waals surface area contributed by atoms with Crippen LogP contribution in [0.5, 0.6) is 6.01 Å². The van der Waals surface area contributed by atoms with Crippen molar-refractivity contribution in [1.29, 1.82) is 0 Å². The molecule has 2 rings (SSSR count). The molecule has 1 heterocycles. The first-order chi connectivity index (χ1) is 8.15. The van der Waals surface area contributed by atoms with Crippen molar-refractivity contribution in [3.63, 3.8) is 0 Å². The molecule has 0 aliphatic carbocycles. The number of hydrogen-bond acceptors (Lipinski definition) is 3. The maximum Gasteiger partial charge on any atom is 0.317 e. The van der Waals surface area contributed by atoms with Crippen LogP contribution >= 0.6 is 0 Å². The Kier molecular flexibility index (Phi) is 3.27. The second-order valence-corrected chi connectivity index (χ2v) is 3.50. The third kappa shape index (κ3) is 2.96. The summed E-state index contributed by atoms with van der Waals surface area (Å²) in [6.07, 6.45) is 1.06. The molecule has 0 fully saturated rings. The second-order valence-electron chi connectivity index (χ2n) is 3.50. The minimum atomic E-state index is -0.473.